The zero-order valence-electron chi connectivity index (χ0n) is 18.1. The number of carbonyl (C=O) groups excluding carboxylic acids is 2. The smallest absolute Gasteiger partial charge is 0.338 e. The van der Waals surface area contributed by atoms with E-state index in [2.05, 4.69) is 5.32 Å². The summed E-state index contributed by atoms with van der Waals surface area (Å²) in [6.45, 7) is -0.493. The fraction of sp³-hybridized carbons (Fsp3) is 0.167. The third kappa shape index (κ3) is 6.19. The summed E-state index contributed by atoms with van der Waals surface area (Å²) in [6, 6.07) is 21.3. The van der Waals surface area contributed by atoms with Crippen molar-refractivity contribution in [1.82, 2.24) is 9.62 Å². The van der Waals surface area contributed by atoms with Gasteiger partial charge in [-0.3, -0.25) is 4.79 Å². The second-order valence-corrected chi connectivity index (χ2v) is 9.94. The minimum Gasteiger partial charge on any atom is -0.452 e. The Kier molecular flexibility index (Phi) is 7.86. The molecule has 172 valence electrons. The van der Waals surface area contributed by atoms with Gasteiger partial charge in [-0.15, -0.1) is 0 Å². The third-order valence-corrected chi connectivity index (χ3v) is 6.93. The molecule has 0 aromatic heterocycles. The van der Waals surface area contributed by atoms with Gasteiger partial charge in [0.2, 0.25) is 10.0 Å². The van der Waals surface area contributed by atoms with E-state index in [9.17, 15) is 18.0 Å². The highest BCUT2D eigenvalue weighted by Crippen LogP contribution is 2.23. The van der Waals surface area contributed by atoms with Crippen LogP contribution in [0.15, 0.2) is 83.8 Å². The maximum absolute atomic E-state index is 12.6. The van der Waals surface area contributed by atoms with E-state index in [1.165, 1.54) is 38.4 Å². The first kappa shape index (κ1) is 24.4. The second kappa shape index (κ2) is 10.6. The summed E-state index contributed by atoms with van der Waals surface area (Å²) in [4.78, 5) is 24.9. The monoisotopic (exact) mass is 486 g/mol. The van der Waals surface area contributed by atoms with Gasteiger partial charge in [0.15, 0.2) is 6.61 Å². The van der Waals surface area contributed by atoms with E-state index in [4.69, 9.17) is 16.3 Å². The first-order chi connectivity index (χ1) is 15.7. The van der Waals surface area contributed by atoms with Crippen LogP contribution in [0.4, 0.5) is 0 Å². The largest absolute Gasteiger partial charge is 0.452 e. The molecule has 0 aliphatic carbocycles. The number of rotatable bonds is 8. The number of halogens is 1. The van der Waals surface area contributed by atoms with Gasteiger partial charge in [0.05, 0.1) is 16.5 Å². The van der Waals surface area contributed by atoms with Gasteiger partial charge in [-0.05, 0) is 47.5 Å². The highest BCUT2D eigenvalue weighted by Gasteiger charge is 2.20. The lowest BCUT2D eigenvalue weighted by atomic mass is 9.99. The van der Waals surface area contributed by atoms with Crippen molar-refractivity contribution < 1.29 is 22.7 Å². The van der Waals surface area contributed by atoms with Crippen molar-refractivity contribution in [2.45, 2.75) is 10.9 Å². The van der Waals surface area contributed by atoms with Gasteiger partial charge in [-0.25, -0.2) is 17.5 Å². The van der Waals surface area contributed by atoms with Crippen LogP contribution in [0.25, 0.3) is 0 Å². The average Bonchev–Trinajstić information content (AvgIpc) is 2.82. The summed E-state index contributed by atoms with van der Waals surface area (Å²) in [5, 5.41) is 3.45. The zero-order valence-corrected chi connectivity index (χ0v) is 19.6. The number of esters is 1. The number of ether oxygens (including phenoxy) is 1. The fourth-order valence-electron chi connectivity index (χ4n) is 3.05. The molecule has 0 spiro atoms. The highest BCUT2D eigenvalue weighted by atomic mass is 35.5. The van der Waals surface area contributed by atoms with Crippen molar-refractivity contribution in [3.63, 3.8) is 0 Å². The summed E-state index contributed by atoms with van der Waals surface area (Å²) in [5.74, 6) is -1.22. The van der Waals surface area contributed by atoms with E-state index in [-0.39, 0.29) is 10.5 Å². The Labute approximate surface area is 198 Å². The van der Waals surface area contributed by atoms with Crippen LogP contribution in [0.5, 0.6) is 0 Å². The van der Waals surface area contributed by atoms with Crippen LogP contribution in [-0.4, -0.2) is 45.3 Å². The predicted octanol–water partition coefficient (Wildman–Crippen LogP) is 3.65. The first-order valence-electron chi connectivity index (χ1n) is 9.98. The Balaban J connectivity index is 1.66. The van der Waals surface area contributed by atoms with Gasteiger partial charge >= 0.3 is 5.97 Å². The Morgan fingerprint density at radius 3 is 2.06 bits per heavy atom. The Morgan fingerprint density at radius 2 is 1.48 bits per heavy atom. The van der Waals surface area contributed by atoms with Crippen molar-refractivity contribution in [1.29, 1.82) is 0 Å². The van der Waals surface area contributed by atoms with Crippen molar-refractivity contribution in [2.24, 2.45) is 0 Å². The Morgan fingerprint density at radius 1 is 0.909 bits per heavy atom. The van der Waals surface area contributed by atoms with E-state index in [0.717, 1.165) is 15.4 Å². The SMILES string of the molecule is CN(C)S(=O)(=O)c1ccc(C(=O)OCC(=O)NC(c2ccccc2)c2ccc(Cl)cc2)cc1. The van der Waals surface area contributed by atoms with Crippen LogP contribution in [0.2, 0.25) is 5.02 Å². The predicted molar refractivity (Wildman–Crippen MR) is 125 cm³/mol. The quantitative estimate of drug-likeness (QED) is 0.490. The second-order valence-electron chi connectivity index (χ2n) is 7.35. The normalized spacial score (nSPS) is 12.2. The minimum absolute atomic E-state index is 0.0514. The zero-order chi connectivity index (χ0) is 24.0. The highest BCUT2D eigenvalue weighted by molar-refractivity contribution is 7.89. The number of sulfonamides is 1. The third-order valence-electron chi connectivity index (χ3n) is 4.84. The molecule has 3 aromatic carbocycles. The molecule has 0 heterocycles. The Hall–Kier alpha value is -3.20. The molecule has 1 amide bonds. The summed E-state index contributed by atoms with van der Waals surface area (Å²) >= 11 is 5.98. The van der Waals surface area contributed by atoms with Gasteiger partial charge in [0.25, 0.3) is 5.91 Å². The van der Waals surface area contributed by atoms with Crippen molar-refractivity contribution >= 4 is 33.5 Å². The summed E-state index contributed by atoms with van der Waals surface area (Å²) < 4.78 is 30.5. The lowest BCUT2D eigenvalue weighted by Crippen LogP contribution is -2.33. The molecule has 3 rings (SSSR count). The molecule has 0 aliphatic heterocycles. The number of nitrogens with one attached hydrogen (secondary N) is 1. The number of amides is 1. The molecule has 0 aliphatic rings. The molecule has 0 fully saturated rings. The van der Waals surface area contributed by atoms with Crippen LogP contribution in [0.1, 0.15) is 27.5 Å². The number of nitrogens with zero attached hydrogens (tertiary/aromatic N) is 1. The summed E-state index contributed by atoms with van der Waals surface area (Å²) in [6.07, 6.45) is 0. The molecule has 7 nitrogen and oxygen atoms in total. The molecule has 1 unspecified atom stereocenters. The molecule has 0 radical (unpaired) electrons. The number of benzene rings is 3. The van der Waals surface area contributed by atoms with Gasteiger partial charge in [-0.2, -0.15) is 0 Å². The first-order valence-corrected chi connectivity index (χ1v) is 11.8. The average molecular weight is 487 g/mol. The van der Waals surface area contributed by atoms with E-state index < -0.39 is 34.5 Å². The number of hydrogen-bond donors (Lipinski definition) is 1. The van der Waals surface area contributed by atoms with Crippen molar-refractivity contribution in [2.75, 3.05) is 20.7 Å². The maximum Gasteiger partial charge on any atom is 0.338 e. The Bertz CT molecular complexity index is 1210. The lowest BCUT2D eigenvalue weighted by molar-refractivity contribution is -0.124. The van der Waals surface area contributed by atoms with Gasteiger partial charge < -0.3 is 10.1 Å². The number of hydrogen-bond acceptors (Lipinski definition) is 5. The maximum atomic E-state index is 12.6. The van der Waals surface area contributed by atoms with Crippen LogP contribution in [0.3, 0.4) is 0 Å². The molecule has 1 N–H and O–H groups in total. The minimum atomic E-state index is -3.61. The molecule has 0 bridgehead atoms. The van der Waals surface area contributed by atoms with Crippen LogP contribution < -0.4 is 5.32 Å². The molecule has 1 atom stereocenters. The van der Waals surface area contributed by atoms with Gasteiger partial charge in [-0.1, -0.05) is 54.1 Å². The standard InChI is InChI=1S/C24H23ClN2O5S/c1-27(2)33(30,31)21-14-10-19(11-15-21)24(29)32-16-22(28)26-23(17-6-4-3-5-7-17)18-8-12-20(25)13-9-18/h3-15,23H,16H2,1-2H3,(H,26,28). The molecule has 9 heteroatoms. The molecular formula is C24H23ClN2O5S. The van der Waals surface area contributed by atoms with Gasteiger partial charge in [0.1, 0.15) is 0 Å². The van der Waals surface area contributed by atoms with E-state index >= 15 is 0 Å². The van der Waals surface area contributed by atoms with Crippen LogP contribution in [-0.2, 0) is 19.6 Å². The van der Waals surface area contributed by atoms with Crippen LogP contribution >= 0.6 is 11.6 Å². The van der Waals surface area contributed by atoms with E-state index in [1.54, 1.807) is 12.1 Å². The topological polar surface area (TPSA) is 92.8 Å². The van der Waals surface area contributed by atoms with E-state index in [0.29, 0.717) is 5.02 Å². The van der Waals surface area contributed by atoms with E-state index in [1.807, 2.05) is 42.5 Å². The van der Waals surface area contributed by atoms with Crippen molar-refractivity contribution in [3.8, 4) is 0 Å². The summed E-state index contributed by atoms with van der Waals surface area (Å²) in [7, 11) is -0.766. The fourth-order valence-corrected chi connectivity index (χ4v) is 4.08. The van der Waals surface area contributed by atoms with Crippen molar-refractivity contribution in [3.05, 3.63) is 101 Å². The summed E-state index contributed by atoms with van der Waals surface area (Å²) in [5.41, 5.74) is 1.82. The molecule has 3 aromatic rings. The van der Waals surface area contributed by atoms with Crippen LogP contribution in [0, 0.1) is 0 Å². The molecule has 33 heavy (non-hydrogen) atoms. The molecule has 0 saturated heterocycles. The van der Waals surface area contributed by atoms with Gasteiger partial charge in [0, 0.05) is 19.1 Å². The molecule has 0 saturated carbocycles. The lowest BCUT2D eigenvalue weighted by Gasteiger charge is -2.20. The number of carbonyl (C=O) groups is 2. The molecular weight excluding hydrogens is 464 g/mol.